The third kappa shape index (κ3) is 4.56. The summed E-state index contributed by atoms with van der Waals surface area (Å²) >= 11 is 1.59. The van der Waals surface area contributed by atoms with Crippen molar-refractivity contribution < 1.29 is 4.74 Å². The number of rotatable bonds is 9. The molecule has 0 atom stereocenters. The Morgan fingerprint density at radius 1 is 1.12 bits per heavy atom. The van der Waals surface area contributed by atoms with Crippen molar-refractivity contribution >= 4 is 28.9 Å². The van der Waals surface area contributed by atoms with Crippen LogP contribution >= 0.6 is 11.8 Å². The molecule has 0 N–H and O–H groups in total. The Morgan fingerprint density at radius 2 is 1.88 bits per heavy atom. The van der Waals surface area contributed by atoms with Crippen molar-refractivity contribution in [3.05, 3.63) is 88.9 Å². The van der Waals surface area contributed by atoms with Gasteiger partial charge in [-0.25, -0.2) is 4.98 Å². The van der Waals surface area contributed by atoms with Crippen LogP contribution in [-0.4, -0.2) is 27.8 Å². The van der Waals surface area contributed by atoms with Gasteiger partial charge < -0.3 is 9.30 Å². The molecule has 0 radical (unpaired) electrons. The summed E-state index contributed by atoms with van der Waals surface area (Å²) in [5.74, 6) is 0.729. The molecule has 0 fully saturated rings. The smallest absolute Gasteiger partial charge is 0.278 e. The first-order valence-corrected chi connectivity index (χ1v) is 11.6. The van der Waals surface area contributed by atoms with E-state index in [9.17, 15) is 4.79 Å². The van der Waals surface area contributed by atoms with E-state index < -0.39 is 0 Å². The minimum atomic E-state index is -0.0136. The molecule has 0 saturated heterocycles. The second-order valence-electron chi connectivity index (χ2n) is 7.65. The number of hydrogen-bond donors (Lipinski definition) is 0. The second kappa shape index (κ2) is 10.0. The highest BCUT2D eigenvalue weighted by atomic mass is 32.2. The average molecular weight is 446 g/mol. The molecule has 6 heteroatoms. The van der Waals surface area contributed by atoms with Crippen LogP contribution in [0.5, 0.6) is 0 Å². The topological polar surface area (TPSA) is 49.0 Å². The predicted octanol–water partition coefficient (Wildman–Crippen LogP) is 5.37. The fourth-order valence-corrected chi connectivity index (χ4v) is 4.73. The maximum absolute atomic E-state index is 13.5. The van der Waals surface area contributed by atoms with Gasteiger partial charge in [0.05, 0.1) is 0 Å². The zero-order valence-electron chi connectivity index (χ0n) is 18.5. The number of hydrogen-bond acceptors (Lipinski definition) is 4. The first kappa shape index (κ1) is 22.1. The predicted molar refractivity (Wildman–Crippen MR) is 133 cm³/mol. The van der Waals surface area contributed by atoms with E-state index in [1.54, 1.807) is 23.4 Å². The van der Waals surface area contributed by atoms with Crippen LogP contribution in [0.1, 0.15) is 17.5 Å². The van der Waals surface area contributed by atoms with Gasteiger partial charge in [0.15, 0.2) is 5.16 Å². The molecule has 32 heavy (non-hydrogen) atoms. The molecular weight excluding hydrogens is 418 g/mol. The van der Waals surface area contributed by atoms with Gasteiger partial charge in [0, 0.05) is 44.8 Å². The van der Waals surface area contributed by atoms with Gasteiger partial charge in [-0.2, -0.15) is 0 Å². The molecule has 4 aromatic rings. The lowest BCUT2D eigenvalue weighted by Crippen LogP contribution is -2.25. The Hall–Kier alpha value is -3.09. The molecule has 2 heterocycles. The van der Waals surface area contributed by atoms with E-state index in [-0.39, 0.29) is 5.56 Å². The Bertz CT molecular complexity index is 1270. The molecule has 2 aromatic heterocycles. The van der Waals surface area contributed by atoms with E-state index in [1.807, 2.05) is 42.1 Å². The van der Waals surface area contributed by atoms with Crippen molar-refractivity contribution in [2.75, 3.05) is 13.7 Å². The monoisotopic (exact) mass is 445 g/mol. The normalized spacial score (nSPS) is 11.2. The van der Waals surface area contributed by atoms with Gasteiger partial charge >= 0.3 is 0 Å². The van der Waals surface area contributed by atoms with Crippen molar-refractivity contribution in [2.45, 2.75) is 23.9 Å². The summed E-state index contributed by atoms with van der Waals surface area (Å²) in [5.41, 5.74) is 5.65. The first-order chi connectivity index (χ1) is 15.6. The number of aromatic nitrogens is 3. The summed E-state index contributed by atoms with van der Waals surface area (Å²) in [6.45, 7) is 4.98. The number of thioether (sulfide) groups is 1. The molecule has 4 rings (SSSR count). The third-order valence-corrected chi connectivity index (χ3v) is 6.49. The van der Waals surface area contributed by atoms with Gasteiger partial charge in [0.1, 0.15) is 11.0 Å². The van der Waals surface area contributed by atoms with Crippen LogP contribution in [-0.2, 0) is 24.1 Å². The molecule has 0 unspecified atom stereocenters. The lowest BCUT2D eigenvalue weighted by atomic mass is 10.1. The Labute approximate surface area is 192 Å². The summed E-state index contributed by atoms with van der Waals surface area (Å²) in [7, 11) is 3.58. The Kier molecular flexibility index (Phi) is 6.93. The molecule has 0 amide bonds. The molecule has 0 aliphatic carbocycles. The van der Waals surface area contributed by atoms with Gasteiger partial charge in [-0.05, 0) is 23.1 Å². The van der Waals surface area contributed by atoms with Crippen LogP contribution < -0.4 is 5.56 Å². The molecule has 0 aliphatic heterocycles. The van der Waals surface area contributed by atoms with Gasteiger partial charge in [-0.3, -0.25) is 9.36 Å². The van der Waals surface area contributed by atoms with Crippen LogP contribution in [0, 0.1) is 0 Å². The van der Waals surface area contributed by atoms with Gasteiger partial charge in [0.2, 0.25) is 0 Å². The molecule has 0 bridgehead atoms. The highest BCUT2D eigenvalue weighted by Crippen LogP contribution is 2.30. The van der Waals surface area contributed by atoms with Crippen molar-refractivity contribution in [3.8, 4) is 11.1 Å². The van der Waals surface area contributed by atoms with E-state index in [1.165, 1.54) is 5.56 Å². The second-order valence-corrected chi connectivity index (χ2v) is 8.59. The number of nitrogens with zero attached hydrogens (tertiary/aromatic N) is 3. The molecule has 5 nitrogen and oxygen atoms in total. The summed E-state index contributed by atoms with van der Waals surface area (Å²) in [4.78, 5) is 18.5. The number of ether oxygens (including phenoxy) is 1. The lowest BCUT2D eigenvalue weighted by Gasteiger charge is -2.13. The molecule has 0 aliphatic rings. The number of aryl methyl sites for hydroxylation is 1. The maximum Gasteiger partial charge on any atom is 0.278 e. The van der Waals surface area contributed by atoms with Crippen molar-refractivity contribution in [3.63, 3.8) is 0 Å². The fraction of sp³-hybridized carbons (Fsp3) is 0.231. The van der Waals surface area contributed by atoms with Crippen LogP contribution in [0.15, 0.2) is 77.3 Å². The van der Waals surface area contributed by atoms with Crippen molar-refractivity contribution in [2.24, 2.45) is 7.05 Å². The Morgan fingerprint density at radius 3 is 2.56 bits per heavy atom. The van der Waals surface area contributed by atoms with Gasteiger partial charge in [-0.15, -0.1) is 0 Å². The van der Waals surface area contributed by atoms with Crippen LogP contribution in [0.4, 0.5) is 0 Å². The summed E-state index contributed by atoms with van der Waals surface area (Å²) in [6, 6.07) is 18.4. The van der Waals surface area contributed by atoms with Crippen LogP contribution in [0.25, 0.3) is 28.2 Å². The molecular formula is C26H27N3O2S. The first-order valence-electron chi connectivity index (χ1n) is 10.6. The highest BCUT2D eigenvalue weighted by Gasteiger charge is 2.18. The van der Waals surface area contributed by atoms with E-state index in [2.05, 4.69) is 43.0 Å². The number of benzene rings is 2. The summed E-state index contributed by atoms with van der Waals surface area (Å²) in [5, 5.41) is 0.731. The Balaban J connectivity index is 1.77. The minimum absolute atomic E-state index is 0.0136. The third-order valence-electron chi connectivity index (χ3n) is 5.44. The molecule has 0 spiro atoms. The van der Waals surface area contributed by atoms with Gasteiger partial charge in [0.25, 0.3) is 5.56 Å². The van der Waals surface area contributed by atoms with E-state index in [0.29, 0.717) is 18.7 Å². The van der Waals surface area contributed by atoms with Gasteiger partial charge in [-0.1, -0.05) is 79.0 Å². The van der Waals surface area contributed by atoms with Crippen LogP contribution in [0.3, 0.4) is 0 Å². The number of methoxy groups -OCH3 is 1. The summed E-state index contributed by atoms with van der Waals surface area (Å²) < 4.78 is 8.89. The molecule has 164 valence electrons. The van der Waals surface area contributed by atoms with E-state index >= 15 is 0 Å². The maximum atomic E-state index is 13.5. The fourth-order valence-electron chi connectivity index (χ4n) is 3.75. The quantitative estimate of drug-likeness (QED) is 0.197. The zero-order valence-corrected chi connectivity index (χ0v) is 19.3. The molecule has 0 saturated carbocycles. The lowest BCUT2D eigenvalue weighted by molar-refractivity contribution is 0.189. The van der Waals surface area contributed by atoms with E-state index in [0.717, 1.165) is 39.5 Å². The van der Waals surface area contributed by atoms with Crippen LogP contribution in [0.2, 0.25) is 0 Å². The largest absolute Gasteiger partial charge is 0.385 e. The average Bonchev–Trinajstić information content (AvgIpc) is 3.16. The number of fused-ring (bicyclic) bond motifs is 1. The zero-order chi connectivity index (χ0) is 22.5. The highest BCUT2D eigenvalue weighted by molar-refractivity contribution is 7.98. The standard InChI is InChI=1S/C26H27N3O2S/c1-4-19-11-13-20(14-12-19)18-32-26-27-23-22(21-9-6-5-7-10-21)17-28(2)24(23)25(30)29(26)15-8-16-31-3/h4-7,9-14,17H,1,8,15-16,18H2,2-3H3. The van der Waals surface area contributed by atoms with Crippen molar-refractivity contribution in [1.29, 1.82) is 0 Å². The minimum Gasteiger partial charge on any atom is -0.385 e. The SMILES string of the molecule is C=Cc1ccc(CSc2nc3c(-c4ccccc4)cn(C)c3c(=O)n2CCCOC)cc1. The van der Waals surface area contributed by atoms with Crippen molar-refractivity contribution in [1.82, 2.24) is 14.1 Å². The summed E-state index contributed by atoms with van der Waals surface area (Å²) in [6.07, 6.45) is 4.58. The molecule has 2 aromatic carbocycles. The van der Waals surface area contributed by atoms with E-state index in [4.69, 9.17) is 9.72 Å².